The number of nitrogens with zero attached hydrogens (tertiary/aromatic N) is 5. The van der Waals surface area contributed by atoms with E-state index in [9.17, 15) is 4.79 Å². The molecule has 0 bridgehead atoms. The van der Waals surface area contributed by atoms with Gasteiger partial charge in [-0.15, -0.1) is 5.10 Å². The third-order valence-electron chi connectivity index (χ3n) is 4.90. The Hall–Kier alpha value is -2.97. The van der Waals surface area contributed by atoms with E-state index in [1.165, 1.54) is 5.56 Å². The Labute approximate surface area is 157 Å². The van der Waals surface area contributed by atoms with Crippen LogP contribution in [0, 0.1) is 0 Å². The summed E-state index contributed by atoms with van der Waals surface area (Å²) >= 11 is 0. The second-order valence-electron chi connectivity index (χ2n) is 7.06. The predicted octanol–water partition coefficient (Wildman–Crippen LogP) is 2.23. The molecule has 2 N–H and O–H groups in total. The number of amides is 1. The lowest BCUT2D eigenvalue weighted by Crippen LogP contribution is -2.56. The molecular formula is C19H22N6O2. The molecule has 3 aromatic rings. The van der Waals surface area contributed by atoms with E-state index in [-0.39, 0.29) is 5.95 Å². The van der Waals surface area contributed by atoms with Crippen LogP contribution in [0.1, 0.15) is 5.56 Å². The molecule has 0 aliphatic carbocycles. The van der Waals surface area contributed by atoms with Crippen molar-refractivity contribution in [1.29, 1.82) is 0 Å². The number of carbonyl (C=O) groups is 1. The molecule has 1 amide bonds. The quantitative estimate of drug-likeness (QED) is 0.720. The number of fused-ring (bicyclic) bond motifs is 1. The van der Waals surface area contributed by atoms with E-state index in [0.29, 0.717) is 11.7 Å². The van der Waals surface area contributed by atoms with E-state index in [1.807, 2.05) is 12.1 Å². The lowest BCUT2D eigenvalue weighted by atomic mass is 10.0. The highest BCUT2D eigenvalue weighted by atomic mass is 16.4. The van der Waals surface area contributed by atoms with Gasteiger partial charge < -0.3 is 10.0 Å². The molecule has 0 radical (unpaired) electrons. The maximum Gasteiger partial charge on any atom is 0.411 e. The number of carboxylic acid groups (broad SMARTS) is 1. The van der Waals surface area contributed by atoms with Crippen LogP contribution in [-0.4, -0.2) is 68.8 Å². The first-order chi connectivity index (χ1) is 13.0. The normalized spacial score (nSPS) is 15.2. The largest absolute Gasteiger partial charge is 0.465 e. The second kappa shape index (κ2) is 6.98. The summed E-state index contributed by atoms with van der Waals surface area (Å²) in [5.41, 5.74) is 3.73. The van der Waals surface area contributed by atoms with Gasteiger partial charge in [0, 0.05) is 31.2 Å². The van der Waals surface area contributed by atoms with Crippen molar-refractivity contribution in [1.82, 2.24) is 24.4 Å². The number of rotatable bonds is 5. The summed E-state index contributed by atoms with van der Waals surface area (Å²) in [6, 6.07) is 14.7. The number of anilines is 1. The first-order valence-electron chi connectivity index (χ1n) is 8.83. The maximum atomic E-state index is 10.8. The van der Waals surface area contributed by atoms with Crippen molar-refractivity contribution in [3.63, 3.8) is 0 Å². The van der Waals surface area contributed by atoms with Gasteiger partial charge in [0.25, 0.3) is 5.95 Å². The van der Waals surface area contributed by atoms with Crippen molar-refractivity contribution in [3.8, 4) is 11.3 Å². The lowest BCUT2D eigenvalue weighted by Gasteiger charge is -2.42. The minimum atomic E-state index is -1.18. The zero-order valence-electron chi connectivity index (χ0n) is 15.3. The molecule has 2 aromatic heterocycles. The topological polar surface area (TPSA) is 86.0 Å². The molecule has 140 valence electrons. The highest BCUT2D eigenvalue weighted by Gasteiger charge is 2.27. The molecule has 1 saturated heterocycles. The SMILES string of the molecule is CN(C)C1CN(Cc2ccc(-c3cccc4nc(NC(=O)O)nn34)cc2)C1. The van der Waals surface area contributed by atoms with Gasteiger partial charge in [0.2, 0.25) is 0 Å². The molecule has 0 unspecified atom stereocenters. The number of hydrogen-bond donors (Lipinski definition) is 2. The summed E-state index contributed by atoms with van der Waals surface area (Å²) < 4.78 is 1.65. The van der Waals surface area contributed by atoms with E-state index >= 15 is 0 Å². The standard InChI is InChI=1S/C19H22N6O2/c1-23(2)15-11-24(12-15)10-13-6-8-14(9-7-13)16-4-3-5-17-20-18(21-19(26)27)22-25(16)17/h3-9,15H,10-12H2,1-2H3,(H,21,22)(H,26,27). The smallest absolute Gasteiger partial charge is 0.411 e. The predicted molar refractivity (Wildman–Crippen MR) is 103 cm³/mol. The zero-order chi connectivity index (χ0) is 19.0. The van der Waals surface area contributed by atoms with E-state index in [4.69, 9.17) is 5.11 Å². The number of aromatic nitrogens is 3. The molecule has 0 atom stereocenters. The number of nitrogens with one attached hydrogen (secondary N) is 1. The van der Waals surface area contributed by atoms with E-state index < -0.39 is 6.09 Å². The zero-order valence-corrected chi connectivity index (χ0v) is 15.3. The minimum Gasteiger partial charge on any atom is -0.465 e. The molecule has 8 heteroatoms. The summed E-state index contributed by atoms with van der Waals surface area (Å²) in [5, 5.41) is 15.3. The van der Waals surface area contributed by atoms with Gasteiger partial charge in [0.15, 0.2) is 5.65 Å². The molecule has 1 fully saturated rings. The fourth-order valence-electron chi connectivity index (χ4n) is 3.31. The number of pyridine rings is 1. The van der Waals surface area contributed by atoms with Crippen molar-refractivity contribution < 1.29 is 9.90 Å². The summed E-state index contributed by atoms with van der Waals surface area (Å²) in [6.45, 7) is 3.16. The van der Waals surface area contributed by atoms with Crippen LogP contribution in [0.15, 0.2) is 42.5 Å². The molecule has 0 saturated carbocycles. The Bertz CT molecular complexity index is 960. The van der Waals surface area contributed by atoms with Gasteiger partial charge in [-0.3, -0.25) is 10.2 Å². The Kier molecular flexibility index (Phi) is 4.51. The lowest BCUT2D eigenvalue weighted by molar-refractivity contribution is 0.0574. The van der Waals surface area contributed by atoms with E-state index in [0.717, 1.165) is 30.9 Å². The average Bonchev–Trinajstić information content (AvgIpc) is 2.99. The van der Waals surface area contributed by atoms with Crippen LogP contribution in [0.25, 0.3) is 16.9 Å². The third-order valence-corrected chi connectivity index (χ3v) is 4.90. The molecule has 3 heterocycles. The van der Waals surface area contributed by atoms with Crippen LogP contribution in [0.3, 0.4) is 0 Å². The van der Waals surface area contributed by atoms with Crippen molar-refractivity contribution in [2.24, 2.45) is 0 Å². The van der Waals surface area contributed by atoms with Crippen molar-refractivity contribution in [2.45, 2.75) is 12.6 Å². The molecule has 1 aliphatic rings. The van der Waals surface area contributed by atoms with E-state index in [1.54, 1.807) is 10.6 Å². The van der Waals surface area contributed by atoms with Gasteiger partial charge in [-0.05, 0) is 31.8 Å². The molecule has 4 rings (SSSR count). The number of hydrogen-bond acceptors (Lipinski definition) is 5. The Morgan fingerprint density at radius 2 is 1.96 bits per heavy atom. The van der Waals surface area contributed by atoms with Crippen molar-refractivity contribution >= 4 is 17.7 Å². The summed E-state index contributed by atoms with van der Waals surface area (Å²) in [7, 11) is 4.25. The molecule has 0 spiro atoms. The fourth-order valence-corrected chi connectivity index (χ4v) is 3.31. The molecule has 1 aromatic carbocycles. The van der Waals surface area contributed by atoms with Crippen LogP contribution in [0.2, 0.25) is 0 Å². The molecule has 8 nitrogen and oxygen atoms in total. The number of benzene rings is 1. The molecular weight excluding hydrogens is 344 g/mol. The van der Waals surface area contributed by atoms with Crippen LogP contribution in [-0.2, 0) is 6.54 Å². The highest BCUT2D eigenvalue weighted by molar-refractivity contribution is 5.80. The summed E-state index contributed by atoms with van der Waals surface area (Å²) in [6.07, 6.45) is -1.18. The van der Waals surface area contributed by atoms with Gasteiger partial charge in [0.1, 0.15) is 0 Å². The first kappa shape index (κ1) is 17.4. The Morgan fingerprint density at radius 3 is 2.63 bits per heavy atom. The van der Waals surface area contributed by atoms with Crippen LogP contribution < -0.4 is 5.32 Å². The number of likely N-dealkylation sites (tertiary alicyclic amines) is 1. The van der Waals surface area contributed by atoms with Gasteiger partial charge in [0.05, 0.1) is 5.69 Å². The van der Waals surface area contributed by atoms with Gasteiger partial charge in [-0.1, -0.05) is 30.3 Å². The van der Waals surface area contributed by atoms with E-state index in [2.05, 4.69) is 63.6 Å². The highest BCUT2D eigenvalue weighted by Crippen LogP contribution is 2.23. The summed E-state index contributed by atoms with van der Waals surface area (Å²) in [4.78, 5) is 19.7. The fraction of sp³-hybridized carbons (Fsp3) is 0.316. The maximum absolute atomic E-state index is 10.8. The minimum absolute atomic E-state index is 0.0693. The summed E-state index contributed by atoms with van der Waals surface area (Å²) in [5.74, 6) is 0.0693. The van der Waals surface area contributed by atoms with Gasteiger partial charge in [-0.2, -0.15) is 4.98 Å². The Balaban J connectivity index is 1.52. The number of likely N-dealkylation sites (N-methyl/N-ethyl adjacent to an activating group) is 1. The van der Waals surface area contributed by atoms with Gasteiger partial charge >= 0.3 is 6.09 Å². The Morgan fingerprint density at radius 1 is 1.22 bits per heavy atom. The first-order valence-corrected chi connectivity index (χ1v) is 8.83. The monoisotopic (exact) mass is 366 g/mol. The van der Waals surface area contributed by atoms with Crippen molar-refractivity contribution in [3.05, 3.63) is 48.0 Å². The second-order valence-corrected chi connectivity index (χ2v) is 7.06. The molecule has 1 aliphatic heterocycles. The van der Waals surface area contributed by atoms with Crippen LogP contribution in [0.5, 0.6) is 0 Å². The van der Waals surface area contributed by atoms with Gasteiger partial charge in [-0.25, -0.2) is 9.31 Å². The average molecular weight is 366 g/mol. The van der Waals surface area contributed by atoms with Crippen LogP contribution >= 0.6 is 0 Å². The van der Waals surface area contributed by atoms with Crippen molar-refractivity contribution in [2.75, 3.05) is 32.5 Å². The third kappa shape index (κ3) is 3.62. The molecule has 27 heavy (non-hydrogen) atoms. The van der Waals surface area contributed by atoms with Crippen LogP contribution in [0.4, 0.5) is 10.7 Å².